The lowest BCUT2D eigenvalue weighted by molar-refractivity contribution is 0.0746. The van der Waals surface area contributed by atoms with Gasteiger partial charge in [-0.3, -0.25) is 4.79 Å². The number of ether oxygens (including phenoxy) is 2. The van der Waals surface area contributed by atoms with Gasteiger partial charge in [0.1, 0.15) is 22.8 Å². The monoisotopic (exact) mass is 391 g/mol. The molecular formula is C23H25N3O3. The van der Waals surface area contributed by atoms with E-state index >= 15 is 0 Å². The minimum Gasteiger partial charge on any atom is -0.497 e. The van der Waals surface area contributed by atoms with Crippen molar-refractivity contribution in [1.82, 2.24) is 9.88 Å². The first-order valence-electron chi connectivity index (χ1n) is 9.73. The van der Waals surface area contributed by atoms with E-state index in [-0.39, 0.29) is 5.91 Å². The molecule has 6 nitrogen and oxygen atoms in total. The number of methoxy groups -OCH3 is 2. The van der Waals surface area contributed by atoms with Crippen LogP contribution in [0.1, 0.15) is 15.9 Å². The van der Waals surface area contributed by atoms with E-state index in [1.54, 1.807) is 20.3 Å². The normalized spacial score (nSPS) is 14.2. The summed E-state index contributed by atoms with van der Waals surface area (Å²) in [4.78, 5) is 21.8. The summed E-state index contributed by atoms with van der Waals surface area (Å²) in [6.45, 7) is 4.88. The smallest absolute Gasteiger partial charge is 0.254 e. The highest BCUT2D eigenvalue weighted by molar-refractivity contribution is 5.95. The van der Waals surface area contributed by atoms with E-state index in [0.29, 0.717) is 24.4 Å². The molecule has 2 aromatic carbocycles. The number of amides is 1. The number of pyridine rings is 1. The van der Waals surface area contributed by atoms with Crippen molar-refractivity contribution in [3.05, 3.63) is 59.7 Å². The van der Waals surface area contributed by atoms with E-state index in [4.69, 9.17) is 14.5 Å². The summed E-state index contributed by atoms with van der Waals surface area (Å²) in [5.41, 5.74) is 2.70. The molecule has 0 aliphatic carbocycles. The van der Waals surface area contributed by atoms with E-state index in [9.17, 15) is 4.79 Å². The van der Waals surface area contributed by atoms with Crippen molar-refractivity contribution in [2.75, 3.05) is 45.3 Å². The number of rotatable bonds is 4. The lowest BCUT2D eigenvalue weighted by Crippen LogP contribution is -2.49. The topological polar surface area (TPSA) is 54.9 Å². The maximum absolute atomic E-state index is 12.8. The largest absolute Gasteiger partial charge is 0.497 e. The van der Waals surface area contributed by atoms with Crippen LogP contribution >= 0.6 is 0 Å². The van der Waals surface area contributed by atoms with Gasteiger partial charge >= 0.3 is 0 Å². The molecule has 1 fully saturated rings. The van der Waals surface area contributed by atoms with Crippen LogP contribution in [-0.2, 0) is 0 Å². The van der Waals surface area contributed by atoms with Gasteiger partial charge in [-0.05, 0) is 42.8 Å². The van der Waals surface area contributed by atoms with Crippen molar-refractivity contribution in [3.63, 3.8) is 0 Å². The van der Waals surface area contributed by atoms with E-state index in [1.807, 2.05) is 35.2 Å². The number of carbonyl (C=O) groups is 1. The number of hydrogen-bond donors (Lipinski definition) is 0. The fraction of sp³-hybridized carbons (Fsp3) is 0.304. The van der Waals surface area contributed by atoms with Crippen molar-refractivity contribution < 1.29 is 14.3 Å². The molecule has 4 rings (SSSR count). The number of nitrogens with zero attached hydrogens (tertiary/aromatic N) is 3. The van der Waals surface area contributed by atoms with Gasteiger partial charge in [0, 0.05) is 37.1 Å². The zero-order valence-corrected chi connectivity index (χ0v) is 17.0. The maximum Gasteiger partial charge on any atom is 0.254 e. The van der Waals surface area contributed by atoms with E-state index < -0.39 is 0 Å². The highest BCUT2D eigenvalue weighted by atomic mass is 16.5. The Kier molecular flexibility index (Phi) is 5.25. The summed E-state index contributed by atoms with van der Waals surface area (Å²) in [5, 5.41) is 1.10. The summed E-state index contributed by atoms with van der Waals surface area (Å²) in [5.74, 6) is 2.43. The average molecular weight is 391 g/mol. The Balaban J connectivity index is 1.51. The maximum atomic E-state index is 12.8. The van der Waals surface area contributed by atoms with Gasteiger partial charge in [0.15, 0.2) is 0 Å². The Labute approximate surface area is 170 Å². The van der Waals surface area contributed by atoms with Crippen molar-refractivity contribution in [3.8, 4) is 11.5 Å². The molecule has 0 atom stereocenters. The van der Waals surface area contributed by atoms with E-state index in [2.05, 4.69) is 24.0 Å². The van der Waals surface area contributed by atoms with Crippen LogP contribution in [0.15, 0.2) is 48.5 Å². The van der Waals surface area contributed by atoms with Crippen LogP contribution in [0.5, 0.6) is 11.5 Å². The summed E-state index contributed by atoms with van der Waals surface area (Å²) >= 11 is 0. The Bertz CT molecular complexity index is 1040. The first-order valence-corrected chi connectivity index (χ1v) is 9.73. The first kappa shape index (κ1) is 19.1. The number of aromatic nitrogens is 1. The lowest BCUT2D eigenvalue weighted by Gasteiger charge is -2.35. The molecule has 6 heteroatoms. The minimum atomic E-state index is 0.0351. The van der Waals surface area contributed by atoms with Gasteiger partial charge in [-0.15, -0.1) is 0 Å². The van der Waals surface area contributed by atoms with Crippen LogP contribution in [0.25, 0.3) is 10.9 Å². The zero-order chi connectivity index (χ0) is 20.4. The van der Waals surface area contributed by atoms with Crippen LogP contribution in [-0.4, -0.2) is 56.2 Å². The fourth-order valence-electron chi connectivity index (χ4n) is 3.78. The van der Waals surface area contributed by atoms with Gasteiger partial charge in [0.25, 0.3) is 5.91 Å². The number of fused-ring (bicyclic) bond motifs is 1. The third-order valence-electron chi connectivity index (χ3n) is 5.42. The molecule has 0 N–H and O–H groups in total. The predicted molar refractivity (Wildman–Crippen MR) is 114 cm³/mol. The average Bonchev–Trinajstić information content (AvgIpc) is 2.78. The van der Waals surface area contributed by atoms with Crippen LogP contribution in [0.2, 0.25) is 0 Å². The van der Waals surface area contributed by atoms with Crippen LogP contribution in [0.4, 0.5) is 5.82 Å². The molecular weight excluding hydrogens is 366 g/mol. The second-order valence-electron chi connectivity index (χ2n) is 7.16. The third kappa shape index (κ3) is 3.70. The highest BCUT2D eigenvalue weighted by Crippen LogP contribution is 2.29. The second kappa shape index (κ2) is 7.99. The van der Waals surface area contributed by atoms with Crippen LogP contribution in [0, 0.1) is 6.92 Å². The molecule has 0 bridgehead atoms. The summed E-state index contributed by atoms with van der Waals surface area (Å²) in [6.07, 6.45) is 0. The Morgan fingerprint density at radius 1 is 0.966 bits per heavy atom. The molecule has 1 aliphatic rings. The number of anilines is 1. The molecule has 1 aliphatic heterocycles. The molecule has 0 unspecified atom stereocenters. The summed E-state index contributed by atoms with van der Waals surface area (Å²) in [6, 6.07) is 15.4. The predicted octanol–water partition coefficient (Wildman–Crippen LogP) is 3.52. The molecule has 0 radical (unpaired) electrons. The number of benzene rings is 2. The molecule has 150 valence electrons. The van der Waals surface area contributed by atoms with Crippen molar-refractivity contribution in [2.24, 2.45) is 0 Å². The number of hydrogen-bond acceptors (Lipinski definition) is 5. The quantitative estimate of drug-likeness (QED) is 0.681. The second-order valence-corrected chi connectivity index (χ2v) is 7.16. The zero-order valence-electron chi connectivity index (χ0n) is 17.0. The molecule has 1 saturated heterocycles. The van der Waals surface area contributed by atoms with Gasteiger partial charge in [-0.25, -0.2) is 4.98 Å². The SMILES string of the molecule is COc1cccc(C(=O)N2CCN(c3cc(C)c4cccc(OC)c4n3)CC2)c1. The molecule has 29 heavy (non-hydrogen) atoms. The number of aryl methyl sites for hydroxylation is 1. The van der Waals surface area contributed by atoms with Crippen molar-refractivity contribution in [1.29, 1.82) is 0 Å². The Morgan fingerprint density at radius 2 is 1.72 bits per heavy atom. The van der Waals surface area contributed by atoms with Gasteiger partial charge in [-0.2, -0.15) is 0 Å². The van der Waals surface area contributed by atoms with E-state index in [1.165, 1.54) is 5.56 Å². The summed E-state index contributed by atoms with van der Waals surface area (Å²) < 4.78 is 10.7. The lowest BCUT2D eigenvalue weighted by atomic mass is 10.1. The van der Waals surface area contributed by atoms with Crippen molar-refractivity contribution >= 4 is 22.6 Å². The van der Waals surface area contributed by atoms with Gasteiger partial charge in [-0.1, -0.05) is 18.2 Å². The molecule has 1 amide bonds. The van der Waals surface area contributed by atoms with Crippen molar-refractivity contribution in [2.45, 2.75) is 6.92 Å². The highest BCUT2D eigenvalue weighted by Gasteiger charge is 2.24. The molecule has 1 aromatic heterocycles. The Morgan fingerprint density at radius 3 is 2.45 bits per heavy atom. The van der Waals surface area contributed by atoms with E-state index in [0.717, 1.165) is 35.6 Å². The minimum absolute atomic E-state index is 0.0351. The third-order valence-corrected chi connectivity index (χ3v) is 5.42. The molecule has 0 spiro atoms. The summed E-state index contributed by atoms with van der Waals surface area (Å²) in [7, 11) is 3.28. The standard InChI is InChI=1S/C23H25N3O3/c1-16-14-21(24-22-19(16)8-5-9-20(22)29-3)25-10-12-26(13-11-25)23(27)17-6-4-7-18(15-17)28-2/h4-9,14-15H,10-13H2,1-3H3. The number of para-hydroxylation sites is 1. The van der Waals surface area contributed by atoms with Crippen LogP contribution in [0.3, 0.4) is 0 Å². The Hall–Kier alpha value is -3.28. The van der Waals surface area contributed by atoms with Gasteiger partial charge < -0.3 is 19.3 Å². The van der Waals surface area contributed by atoms with Gasteiger partial charge in [0.05, 0.1) is 14.2 Å². The number of carbonyl (C=O) groups excluding carboxylic acids is 1. The molecule has 0 saturated carbocycles. The molecule has 3 aromatic rings. The number of piperazine rings is 1. The van der Waals surface area contributed by atoms with Crippen LogP contribution < -0.4 is 14.4 Å². The van der Waals surface area contributed by atoms with Gasteiger partial charge in [0.2, 0.25) is 0 Å². The first-order chi connectivity index (χ1) is 14.1. The fourth-order valence-corrected chi connectivity index (χ4v) is 3.78. The molecule has 2 heterocycles.